The number of carboxylic acids is 1. The van der Waals surface area contributed by atoms with Crippen molar-refractivity contribution in [1.82, 2.24) is 9.29 Å². The Morgan fingerprint density at radius 2 is 2.00 bits per heavy atom. The summed E-state index contributed by atoms with van der Waals surface area (Å²) in [5.41, 5.74) is -0.0232. The molecule has 0 aromatic carbocycles. The van der Waals surface area contributed by atoms with Crippen molar-refractivity contribution in [3.8, 4) is 0 Å². The number of nitrogens with one attached hydrogen (secondary N) is 1. The number of hydrogen-bond donors (Lipinski definition) is 2. The molecule has 7 heteroatoms. The smallest absolute Gasteiger partial charge is 0.352 e. The molecule has 0 unspecified atom stereocenters. The van der Waals surface area contributed by atoms with E-state index < -0.39 is 16.0 Å². The summed E-state index contributed by atoms with van der Waals surface area (Å²) in [5, 5.41) is 9.13. The Morgan fingerprint density at radius 3 is 2.45 bits per heavy atom. The van der Waals surface area contributed by atoms with Crippen LogP contribution in [0.5, 0.6) is 0 Å². The molecule has 20 heavy (non-hydrogen) atoms. The predicted molar refractivity (Wildman–Crippen MR) is 74.3 cm³/mol. The summed E-state index contributed by atoms with van der Waals surface area (Å²) < 4.78 is 28.5. The topological polar surface area (TPSA) is 88.4 Å². The van der Waals surface area contributed by atoms with Gasteiger partial charge in [-0.3, -0.25) is 0 Å². The van der Waals surface area contributed by atoms with Crippen LogP contribution in [0.15, 0.2) is 29.3 Å². The molecule has 110 valence electrons. The predicted octanol–water partition coefficient (Wildman–Crippen LogP) is 1.76. The molecule has 0 atom stereocenters. The maximum atomic E-state index is 12.3. The Balaban J connectivity index is 2.31. The Morgan fingerprint density at radius 1 is 1.40 bits per heavy atom. The monoisotopic (exact) mass is 298 g/mol. The zero-order chi connectivity index (χ0) is 14.9. The second-order valence-corrected chi connectivity index (χ2v) is 6.84. The molecular formula is C13H18N2O4S. The van der Waals surface area contributed by atoms with Crippen LogP contribution >= 0.6 is 0 Å². The van der Waals surface area contributed by atoms with E-state index in [0.29, 0.717) is 12.8 Å². The maximum absolute atomic E-state index is 12.3. The molecule has 0 amide bonds. The van der Waals surface area contributed by atoms with Gasteiger partial charge >= 0.3 is 5.97 Å². The first kappa shape index (κ1) is 14.8. The molecule has 0 saturated carbocycles. The van der Waals surface area contributed by atoms with Crippen LogP contribution in [0.2, 0.25) is 0 Å². The average molecular weight is 298 g/mol. The van der Waals surface area contributed by atoms with Gasteiger partial charge in [0.15, 0.2) is 0 Å². The van der Waals surface area contributed by atoms with Crippen molar-refractivity contribution in [3.05, 3.63) is 30.1 Å². The van der Waals surface area contributed by atoms with Crippen LogP contribution in [0.3, 0.4) is 0 Å². The average Bonchev–Trinajstić information content (AvgIpc) is 2.95. The van der Waals surface area contributed by atoms with Gasteiger partial charge in [0.1, 0.15) is 10.6 Å². The summed E-state index contributed by atoms with van der Waals surface area (Å²) in [6.07, 6.45) is 6.55. The number of hydrogen-bond acceptors (Lipinski definition) is 3. The molecule has 1 heterocycles. The largest absolute Gasteiger partial charge is 0.477 e. The summed E-state index contributed by atoms with van der Waals surface area (Å²) in [5.74, 6) is -1.14. The summed E-state index contributed by atoms with van der Waals surface area (Å²) in [4.78, 5) is 11.2. The molecule has 2 rings (SSSR count). The third kappa shape index (κ3) is 2.94. The van der Waals surface area contributed by atoms with E-state index in [-0.39, 0.29) is 22.7 Å². The lowest BCUT2D eigenvalue weighted by molar-refractivity contribution is 0.0683. The van der Waals surface area contributed by atoms with Gasteiger partial charge in [-0.2, -0.15) is 0 Å². The molecule has 6 nitrogen and oxygen atoms in total. The van der Waals surface area contributed by atoms with Crippen LogP contribution < -0.4 is 4.72 Å². The Hall–Kier alpha value is -1.60. The van der Waals surface area contributed by atoms with Gasteiger partial charge in [0.25, 0.3) is 0 Å². The molecule has 1 aromatic rings. The number of aromatic nitrogens is 1. The van der Waals surface area contributed by atoms with E-state index in [4.69, 9.17) is 5.11 Å². The third-order valence-electron chi connectivity index (χ3n) is 3.24. The van der Waals surface area contributed by atoms with Crippen LogP contribution in [0.4, 0.5) is 0 Å². The van der Waals surface area contributed by atoms with Crippen LogP contribution in [0.1, 0.15) is 43.2 Å². The number of sulfonamides is 1. The summed E-state index contributed by atoms with van der Waals surface area (Å²) in [6, 6.07) is 0.932. The Bertz CT molecular complexity index is 635. The van der Waals surface area contributed by atoms with Crippen molar-refractivity contribution >= 4 is 16.0 Å². The van der Waals surface area contributed by atoms with Crippen molar-refractivity contribution in [2.24, 2.45) is 0 Å². The molecule has 0 bridgehead atoms. The first-order valence-electron chi connectivity index (χ1n) is 6.44. The Labute approximate surface area is 118 Å². The lowest BCUT2D eigenvalue weighted by Crippen LogP contribution is -2.32. The van der Waals surface area contributed by atoms with Gasteiger partial charge in [0.2, 0.25) is 10.0 Å². The van der Waals surface area contributed by atoms with E-state index in [9.17, 15) is 13.2 Å². The van der Waals surface area contributed by atoms with Crippen molar-refractivity contribution in [3.63, 3.8) is 0 Å². The fourth-order valence-electron chi connectivity index (χ4n) is 2.20. The highest BCUT2D eigenvalue weighted by molar-refractivity contribution is 7.89. The first-order chi connectivity index (χ1) is 9.31. The van der Waals surface area contributed by atoms with E-state index >= 15 is 0 Å². The minimum atomic E-state index is -3.69. The van der Waals surface area contributed by atoms with Gasteiger partial charge < -0.3 is 9.67 Å². The SMILES string of the molecule is CC(C)n1cc(S(=O)(=O)NC2CC=CC2)cc1C(=O)O. The molecule has 0 fully saturated rings. The van der Waals surface area contributed by atoms with Gasteiger partial charge in [-0.05, 0) is 32.8 Å². The van der Waals surface area contributed by atoms with E-state index in [1.807, 2.05) is 12.2 Å². The highest BCUT2D eigenvalue weighted by Crippen LogP contribution is 2.20. The van der Waals surface area contributed by atoms with Gasteiger partial charge in [-0.1, -0.05) is 12.2 Å². The molecule has 1 aliphatic rings. The minimum Gasteiger partial charge on any atom is -0.477 e. The zero-order valence-corrected chi connectivity index (χ0v) is 12.2. The minimum absolute atomic E-state index is 0.00417. The summed E-state index contributed by atoms with van der Waals surface area (Å²) in [7, 11) is -3.69. The lowest BCUT2D eigenvalue weighted by Gasteiger charge is -2.11. The van der Waals surface area contributed by atoms with E-state index in [0.717, 1.165) is 0 Å². The first-order valence-corrected chi connectivity index (χ1v) is 7.92. The molecule has 2 N–H and O–H groups in total. The number of aromatic carboxylic acids is 1. The van der Waals surface area contributed by atoms with Crippen LogP contribution in [0, 0.1) is 0 Å². The van der Waals surface area contributed by atoms with Gasteiger partial charge in [0, 0.05) is 18.3 Å². The highest BCUT2D eigenvalue weighted by Gasteiger charge is 2.25. The molecule has 0 spiro atoms. The van der Waals surface area contributed by atoms with E-state index in [1.165, 1.54) is 16.8 Å². The van der Waals surface area contributed by atoms with Crippen molar-refractivity contribution in [1.29, 1.82) is 0 Å². The molecule has 0 radical (unpaired) electrons. The molecule has 0 aliphatic heterocycles. The standard InChI is InChI=1S/C13H18N2O4S/c1-9(2)15-8-11(7-12(15)13(16)17)20(18,19)14-10-5-3-4-6-10/h3-4,7-10,14H,5-6H2,1-2H3,(H,16,17). The van der Waals surface area contributed by atoms with Crippen LogP contribution in [-0.2, 0) is 10.0 Å². The maximum Gasteiger partial charge on any atom is 0.352 e. The number of carbonyl (C=O) groups is 1. The highest BCUT2D eigenvalue weighted by atomic mass is 32.2. The van der Waals surface area contributed by atoms with Gasteiger partial charge in [0.05, 0.1) is 0 Å². The number of rotatable bonds is 5. The third-order valence-corrected chi connectivity index (χ3v) is 4.73. The summed E-state index contributed by atoms with van der Waals surface area (Å²) in [6.45, 7) is 3.61. The molecular weight excluding hydrogens is 280 g/mol. The van der Waals surface area contributed by atoms with E-state index in [1.54, 1.807) is 13.8 Å². The van der Waals surface area contributed by atoms with E-state index in [2.05, 4.69) is 4.72 Å². The second-order valence-electron chi connectivity index (χ2n) is 5.13. The molecule has 1 aliphatic carbocycles. The number of carboxylic acid groups (broad SMARTS) is 1. The van der Waals surface area contributed by atoms with Crippen LogP contribution in [0.25, 0.3) is 0 Å². The fraction of sp³-hybridized carbons (Fsp3) is 0.462. The molecule has 1 aromatic heterocycles. The fourth-order valence-corrected chi connectivity index (χ4v) is 3.49. The van der Waals surface area contributed by atoms with Gasteiger partial charge in [-0.25, -0.2) is 17.9 Å². The van der Waals surface area contributed by atoms with Gasteiger partial charge in [-0.15, -0.1) is 0 Å². The second kappa shape index (κ2) is 5.41. The molecule has 0 saturated heterocycles. The lowest BCUT2D eigenvalue weighted by atomic mass is 10.3. The Kier molecular flexibility index (Phi) is 4.01. The van der Waals surface area contributed by atoms with Crippen molar-refractivity contribution < 1.29 is 18.3 Å². The van der Waals surface area contributed by atoms with Crippen LogP contribution in [-0.4, -0.2) is 30.1 Å². The normalized spacial score (nSPS) is 16.1. The number of nitrogens with zero attached hydrogens (tertiary/aromatic N) is 1. The quantitative estimate of drug-likeness (QED) is 0.811. The zero-order valence-electron chi connectivity index (χ0n) is 11.4. The van der Waals surface area contributed by atoms with Crippen molar-refractivity contribution in [2.45, 2.75) is 43.7 Å². The summed E-state index contributed by atoms with van der Waals surface area (Å²) >= 11 is 0. The van der Waals surface area contributed by atoms with Crippen molar-refractivity contribution in [2.75, 3.05) is 0 Å².